The summed E-state index contributed by atoms with van der Waals surface area (Å²) >= 11 is 0. The van der Waals surface area contributed by atoms with Crippen LogP contribution in [0.4, 0.5) is 0 Å². The van der Waals surface area contributed by atoms with Crippen molar-refractivity contribution in [3.05, 3.63) is 0 Å². The predicted octanol–water partition coefficient (Wildman–Crippen LogP) is 4.72. The summed E-state index contributed by atoms with van der Waals surface area (Å²) in [6, 6.07) is 1.46. The lowest BCUT2D eigenvalue weighted by Crippen LogP contribution is -2.37. The van der Waals surface area contributed by atoms with Crippen LogP contribution in [0.15, 0.2) is 0 Å². The summed E-state index contributed by atoms with van der Waals surface area (Å²) in [7, 11) is 0. The quantitative estimate of drug-likeness (QED) is 0.790. The second-order valence-corrected chi connectivity index (χ2v) is 6.73. The van der Waals surface area contributed by atoms with Gasteiger partial charge in [0.05, 0.1) is 0 Å². The van der Waals surface area contributed by atoms with Gasteiger partial charge in [-0.25, -0.2) is 0 Å². The number of nitrogens with zero attached hydrogens (tertiary/aromatic N) is 1. The van der Waals surface area contributed by atoms with Crippen LogP contribution in [0, 0.1) is 0 Å². The molecule has 2 aliphatic rings. The Morgan fingerprint density at radius 2 is 1.20 bits per heavy atom. The van der Waals surface area contributed by atoms with Gasteiger partial charge in [-0.2, -0.15) is 0 Å². The van der Waals surface area contributed by atoms with Gasteiger partial charge in [0.15, 0.2) is 0 Å². The van der Waals surface area contributed by atoms with E-state index in [1.54, 1.807) is 0 Å². The maximum Gasteiger partial charge on any atom is 0.00952 e. The molecule has 0 unspecified atom stereocenters. The van der Waals surface area contributed by atoms with Crippen LogP contribution in [0.5, 0.6) is 0 Å². The Labute approximate surface area is 127 Å². The lowest BCUT2D eigenvalue weighted by Gasteiger charge is -2.33. The summed E-state index contributed by atoms with van der Waals surface area (Å²) in [6.07, 6.45) is 16.6. The Hall–Kier alpha value is -0.0800. The van der Waals surface area contributed by atoms with Crippen LogP contribution in [-0.2, 0) is 0 Å². The fourth-order valence-electron chi connectivity index (χ4n) is 3.63. The molecule has 0 spiro atoms. The minimum atomic E-state index is 0.536. The second-order valence-electron chi connectivity index (χ2n) is 6.73. The highest BCUT2D eigenvalue weighted by Crippen LogP contribution is 2.22. The van der Waals surface area contributed by atoms with Crippen molar-refractivity contribution < 1.29 is 0 Å². The molecule has 2 saturated carbocycles. The fraction of sp³-hybridized carbons (Fsp3) is 1.00. The molecular weight excluding hydrogens is 244 g/mol. The lowest BCUT2D eigenvalue weighted by molar-refractivity contribution is 0.156. The highest BCUT2D eigenvalue weighted by atomic mass is 15.1. The van der Waals surface area contributed by atoms with E-state index < -0.39 is 0 Å². The maximum absolute atomic E-state index is 5.63. The van der Waals surface area contributed by atoms with Crippen LogP contribution >= 0.6 is 0 Å². The van der Waals surface area contributed by atoms with E-state index in [1.165, 1.54) is 90.1 Å². The monoisotopic (exact) mass is 282 g/mol. The van der Waals surface area contributed by atoms with Gasteiger partial charge in [-0.05, 0) is 51.6 Å². The molecule has 0 aromatic rings. The van der Waals surface area contributed by atoms with Crippen molar-refractivity contribution in [3.63, 3.8) is 0 Å². The zero-order chi connectivity index (χ0) is 14.6. The van der Waals surface area contributed by atoms with Crippen LogP contribution in [0.25, 0.3) is 0 Å². The molecular formula is C18H38N2. The van der Waals surface area contributed by atoms with Gasteiger partial charge in [0, 0.05) is 12.1 Å². The summed E-state index contributed by atoms with van der Waals surface area (Å²) in [5.41, 5.74) is 5.63. The van der Waals surface area contributed by atoms with Gasteiger partial charge < -0.3 is 10.6 Å². The second kappa shape index (κ2) is 11.6. The van der Waals surface area contributed by atoms with Crippen molar-refractivity contribution in [2.24, 2.45) is 5.73 Å². The molecule has 0 radical (unpaired) electrons. The third-order valence-electron chi connectivity index (χ3n) is 4.76. The minimum absolute atomic E-state index is 0.536. The lowest BCUT2D eigenvalue weighted by atomic mass is 9.94. The van der Waals surface area contributed by atoms with E-state index in [0.717, 1.165) is 6.04 Å². The van der Waals surface area contributed by atoms with E-state index in [1.807, 2.05) is 0 Å². The van der Waals surface area contributed by atoms with Crippen LogP contribution in [0.2, 0.25) is 0 Å². The number of hydrogen-bond acceptors (Lipinski definition) is 2. The Bertz CT molecular complexity index is 199. The first-order valence-electron chi connectivity index (χ1n) is 9.27. The van der Waals surface area contributed by atoms with E-state index in [9.17, 15) is 0 Å². The van der Waals surface area contributed by atoms with E-state index >= 15 is 0 Å². The topological polar surface area (TPSA) is 29.3 Å². The molecule has 0 aromatic carbocycles. The average molecular weight is 283 g/mol. The molecule has 2 heteroatoms. The molecule has 0 atom stereocenters. The number of nitrogens with two attached hydrogens (primary N) is 1. The molecule has 2 rings (SSSR count). The summed E-state index contributed by atoms with van der Waals surface area (Å²) < 4.78 is 0. The molecule has 0 bridgehead atoms. The molecule has 2 aliphatic carbocycles. The summed E-state index contributed by atoms with van der Waals surface area (Å²) in [6.45, 7) is 7.23. The van der Waals surface area contributed by atoms with Gasteiger partial charge in [0.2, 0.25) is 0 Å². The highest BCUT2D eigenvalue weighted by molar-refractivity contribution is 4.75. The van der Waals surface area contributed by atoms with Gasteiger partial charge in [-0.3, -0.25) is 0 Å². The van der Waals surface area contributed by atoms with Gasteiger partial charge in [0.1, 0.15) is 0 Å². The maximum atomic E-state index is 5.63. The normalized spacial score (nSPS) is 21.6. The number of rotatable bonds is 5. The summed E-state index contributed by atoms with van der Waals surface area (Å²) in [4.78, 5) is 2.72. The molecule has 120 valence electrons. The molecule has 0 aliphatic heterocycles. The van der Waals surface area contributed by atoms with Crippen molar-refractivity contribution >= 4 is 0 Å². The molecule has 0 amide bonds. The molecule has 2 fully saturated rings. The van der Waals surface area contributed by atoms with Gasteiger partial charge in [-0.1, -0.05) is 52.4 Å². The Morgan fingerprint density at radius 1 is 0.750 bits per heavy atom. The summed E-state index contributed by atoms with van der Waals surface area (Å²) in [5, 5.41) is 0. The molecule has 20 heavy (non-hydrogen) atoms. The summed E-state index contributed by atoms with van der Waals surface area (Å²) in [5.74, 6) is 0. The Kier molecular flexibility index (Phi) is 10.4. The first-order chi connectivity index (χ1) is 9.77. The van der Waals surface area contributed by atoms with Gasteiger partial charge >= 0.3 is 0 Å². The van der Waals surface area contributed by atoms with E-state index in [4.69, 9.17) is 5.73 Å². The van der Waals surface area contributed by atoms with Gasteiger partial charge in [-0.15, -0.1) is 0 Å². The number of hydrogen-bond donors (Lipinski definition) is 1. The van der Waals surface area contributed by atoms with Gasteiger partial charge in [0.25, 0.3) is 0 Å². The molecule has 0 saturated heterocycles. The molecule has 2 nitrogen and oxygen atoms in total. The largest absolute Gasteiger partial charge is 0.328 e. The first kappa shape index (κ1) is 18.0. The van der Waals surface area contributed by atoms with E-state index in [0.29, 0.717) is 6.04 Å². The van der Waals surface area contributed by atoms with Crippen molar-refractivity contribution in [1.82, 2.24) is 4.90 Å². The van der Waals surface area contributed by atoms with Crippen LogP contribution in [0.1, 0.15) is 90.9 Å². The molecule has 2 N–H and O–H groups in total. The fourth-order valence-corrected chi connectivity index (χ4v) is 3.63. The van der Waals surface area contributed by atoms with Crippen molar-refractivity contribution in [2.45, 2.75) is 103 Å². The van der Waals surface area contributed by atoms with Crippen molar-refractivity contribution in [2.75, 3.05) is 13.1 Å². The average Bonchev–Trinajstić information content (AvgIpc) is 2.49. The van der Waals surface area contributed by atoms with Crippen LogP contribution in [0.3, 0.4) is 0 Å². The third-order valence-corrected chi connectivity index (χ3v) is 4.76. The Balaban J connectivity index is 0.000000240. The third kappa shape index (κ3) is 7.64. The van der Waals surface area contributed by atoms with E-state index in [-0.39, 0.29) is 0 Å². The first-order valence-corrected chi connectivity index (χ1v) is 9.27. The van der Waals surface area contributed by atoms with E-state index in [2.05, 4.69) is 18.7 Å². The van der Waals surface area contributed by atoms with Crippen molar-refractivity contribution in [3.8, 4) is 0 Å². The standard InChI is InChI=1S/C12H25N.C6H13N/c1-3-10-13(11-4-2)12-8-6-5-7-9-12;7-6-4-2-1-3-5-6/h12H,3-11H2,1-2H3;6H,1-5,7H2. The predicted molar refractivity (Wildman–Crippen MR) is 90.1 cm³/mol. The smallest absolute Gasteiger partial charge is 0.00952 e. The highest BCUT2D eigenvalue weighted by Gasteiger charge is 2.19. The zero-order valence-electron chi connectivity index (χ0n) is 14.1. The molecule has 0 heterocycles. The van der Waals surface area contributed by atoms with Crippen LogP contribution < -0.4 is 5.73 Å². The SMILES string of the molecule is CCCN(CCC)C1CCCCC1.NC1CCCCC1. The molecule has 0 aromatic heterocycles. The van der Waals surface area contributed by atoms with Crippen LogP contribution in [-0.4, -0.2) is 30.1 Å². The minimum Gasteiger partial charge on any atom is -0.328 e. The zero-order valence-corrected chi connectivity index (χ0v) is 14.1. The Morgan fingerprint density at radius 3 is 1.55 bits per heavy atom. The van der Waals surface area contributed by atoms with Crippen molar-refractivity contribution in [1.29, 1.82) is 0 Å².